The normalized spacial score (nSPS) is 18.7. The van der Waals surface area contributed by atoms with Crippen LogP contribution in [0.3, 0.4) is 0 Å². The molecule has 5 heteroatoms. The van der Waals surface area contributed by atoms with Gasteiger partial charge in [0.2, 0.25) is 0 Å². The van der Waals surface area contributed by atoms with Gasteiger partial charge in [-0.05, 0) is 38.5 Å². The molecule has 0 bridgehead atoms. The van der Waals surface area contributed by atoms with E-state index in [4.69, 9.17) is 11.6 Å². The van der Waals surface area contributed by atoms with Crippen molar-refractivity contribution in [1.82, 2.24) is 0 Å². The van der Waals surface area contributed by atoms with Crippen molar-refractivity contribution in [3.63, 3.8) is 0 Å². The van der Waals surface area contributed by atoms with Crippen molar-refractivity contribution in [2.75, 3.05) is 11.1 Å². The van der Waals surface area contributed by atoms with Crippen LogP contribution in [0.15, 0.2) is 27.7 Å². The lowest BCUT2D eigenvalue weighted by Gasteiger charge is -2.26. The van der Waals surface area contributed by atoms with Crippen LogP contribution < -0.4 is 5.32 Å². The van der Waals surface area contributed by atoms with E-state index in [-0.39, 0.29) is 5.54 Å². The standard InChI is InChI=1S/C12H14BrClN2S/c1-12(2)5-6-17-11(16-12)15-10-4-3-8(13)7-9(10)14/h3-4,7H,5-6H2,1-2H3,(H,15,16). The van der Waals surface area contributed by atoms with Crippen molar-refractivity contribution in [3.8, 4) is 0 Å². The predicted molar refractivity (Wildman–Crippen MR) is 81.4 cm³/mol. The van der Waals surface area contributed by atoms with E-state index in [1.165, 1.54) is 0 Å². The van der Waals surface area contributed by atoms with Gasteiger partial charge in [-0.15, -0.1) is 0 Å². The molecule has 0 atom stereocenters. The van der Waals surface area contributed by atoms with Crippen LogP contribution in [0.5, 0.6) is 0 Å². The maximum Gasteiger partial charge on any atom is 0.161 e. The number of halogens is 2. The number of benzene rings is 1. The lowest BCUT2D eigenvalue weighted by atomic mass is 10.0. The zero-order valence-corrected chi connectivity index (χ0v) is 12.9. The van der Waals surface area contributed by atoms with Gasteiger partial charge in [0.25, 0.3) is 0 Å². The van der Waals surface area contributed by atoms with E-state index in [2.05, 4.69) is 40.1 Å². The van der Waals surface area contributed by atoms with Gasteiger partial charge in [0, 0.05) is 10.2 Å². The quantitative estimate of drug-likeness (QED) is 0.799. The lowest BCUT2D eigenvalue weighted by molar-refractivity contribution is 0.507. The van der Waals surface area contributed by atoms with E-state index in [9.17, 15) is 0 Å². The Balaban J connectivity index is 2.18. The van der Waals surface area contributed by atoms with E-state index in [0.717, 1.165) is 27.5 Å². The zero-order valence-electron chi connectivity index (χ0n) is 9.76. The van der Waals surface area contributed by atoms with Crippen LogP contribution in [-0.2, 0) is 0 Å². The second kappa shape index (κ2) is 5.21. The summed E-state index contributed by atoms with van der Waals surface area (Å²) in [6.07, 6.45) is 1.11. The maximum absolute atomic E-state index is 6.16. The number of anilines is 1. The van der Waals surface area contributed by atoms with Gasteiger partial charge in [0.15, 0.2) is 5.17 Å². The number of hydrogen-bond donors (Lipinski definition) is 1. The van der Waals surface area contributed by atoms with E-state index in [1.54, 1.807) is 11.8 Å². The topological polar surface area (TPSA) is 24.4 Å². The lowest BCUT2D eigenvalue weighted by Crippen LogP contribution is -2.27. The first-order valence-corrected chi connectivity index (χ1v) is 7.57. The van der Waals surface area contributed by atoms with Gasteiger partial charge in [-0.3, -0.25) is 4.99 Å². The summed E-state index contributed by atoms with van der Waals surface area (Å²) in [5.74, 6) is 1.09. The molecule has 0 amide bonds. The van der Waals surface area contributed by atoms with Crippen molar-refractivity contribution in [2.24, 2.45) is 4.99 Å². The van der Waals surface area contributed by atoms with Gasteiger partial charge in [-0.2, -0.15) is 0 Å². The third kappa shape index (κ3) is 3.63. The predicted octanol–water partition coefficient (Wildman–Crippen LogP) is 4.79. The fourth-order valence-electron chi connectivity index (χ4n) is 1.53. The molecule has 0 fully saturated rings. The molecule has 0 radical (unpaired) electrons. The second-order valence-electron chi connectivity index (χ2n) is 4.58. The molecule has 1 N–H and O–H groups in total. The molecule has 0 aromatic heterocycles. The minimum atomic E-state index is 0.0232. The first kappa shape index (κ1) is 13.2. The average Bonchev–Trinajstić information content (AvgIpc) is 2.21. The summed E-state index contributed by atoms with van der Waals surface area (Å²) in [4.78, 5) is 4.67. The van der Waals surface area contributed by atoms with E-state index in [1.807, 2.05) is 18.2 Å². The Labute approximate surface area is 119 Å². The minimum Gasteiger partial charge on any atom is -0.334 e. The molecule has 17 heavy (non-hydrogen) atoms. The molecule has 2 rings (SSSR count). The molecule has 0 spiro atoms. The van der Waals surface area contributed by atoms with Crippen LogP contribution in [0.4, 0.5) is 5.69 Å². The Morgan fingerprint density at radius 1 is 1.47 bits per heavy atom. The highest BCUT2D eigenvalue weighted by atomic mass is 79.9. The third-order valence-corrected chi connectivity index (χ3v) is 4.21. The number of amidine groups is 1. The molecule has 0 saturated carbocycles. The molecule has 92 valence electrons. The molecule has 0 aliphatic carbocycles. The Morgan fingerprint density at radius 3 is 2.88 bits per heavy atom. The van der Waals surface area contributed by atoms with Crippen molar-refractivity contribution in [3.05, 3.63) is 27.7 Å². The summed E-state index contributed by atoms with van der Waals surface area (Å²) >= 11 is 11.3. The number of aliphatic imine (C=N–C) groups is 1. The third-order valence-electron chi connectivity index (χ3n) is 2.53. The smallest absolute Gasteiger partial charge is 0.161 e. The zero-order chi connectivity index (χ0) is 12.5. The van der Waals surface area contributed by atoms with Gasteiger partial charge in [0.1, 0.15) is 0 Å². The number of hydrogen-bond acceptors (Lipinski definition) is 3. The van der Waals surface area contributed by atoms with Crippen molar-refractivity contribution >= 4 is 50.1 Å². The Morgan fingerprint density at radius 2 is 2.24 bits per heavy atom. The van der Waals surface area contributed by atoms with Gasteiger partial charge in [-0.1, -0.05) is 39.3 Å². The van der Waals surface area contributed by atoms with E-state index >= 15 is 0 Å². The number of nitrogens with zero attached hydrogens (tertiary/aromatic N) is 1. The van der Waals surface area contributed by atoms with Crippen LogP contribution in [0.2, 0.25) is 5.02 Å². The Bertz CT molecular complexity index is 460. The van der Waals surface area contributed by atoms with Crippen LogP contribution in [0.1, 0.15) is 20.3 Å². The molecular formula is C12H14BrClN2S. The van der Waals surface area contributed by atoms with Gasteiger partial charge >= 0.3 is 0 Å². The Kier molecular flexibility index (Phi) is 4.06. The summed E-state index contributed by atoms with van der Waals surface area (Å²) in [6.45, 7) is 4.30. The summed E-state index contributed by atoms with van der Waals surface area (Å²) in [6, 6.07) is 5.80. The number of rotatable bonds is 1. The SMILES string of the molecule is CC1(C)CCSC(Nc2ccc(Br)cc2Cl)=N1. The highest BCUT2D eigenvalue weighted by Gasteiger charge is 2.22. The van der Waals surface area contributed by atoms with Crippen LogP contribution in [0.25, 0.3) is 0 Å². The highest BCUT2D eigenvalue weighted by Crippen LogP contribution is 2.30. The fraction of sp³-hybridized carbons (Fsp3) is 0.417. The van der Waals surface area contributed by atoms with Gasteiger partial charge in [0.05, 0.1) is 16.2 Å². The maximum atomic E-state index is 6.16. The first-order valence-electron chi connectivity index (χ1n) is 5.41. The molecule has 1 aliphatic rings. The van der Waals surface area contributed by atoms with Crippen molar-refractivity contribution in [1.29, 1.82) is 0 Å². The average molecular weight is 334 g/mol. The van der Waals surface area contributed by atoms with Crippen LogP contribution in [0, 0.1) is 0 Å². The first-order chi connectivity index (χ1) is 7.96. The fourth-order valence-corrected chi connectivity index (χ4v) is 3.54. The van der Waals surface area contributed by atoms with E-state index in [0.29, 0.717) is 5.02 Å². The number of thioether (sulfide) groups is 1. The van der Waals surface area contributed by atoms with Crippen molar-refractivity contribution < 1.29 is 0 Å². The van der Waals surface area contributed by atoms with Crippen molar-refractivity contribution in [2.45, 2.75) is 25.8 Å². The van der Waals surface area contributed by atoms with Gasteiger partial charge < -0.3 is 5.32 Å². The highest BCUT2D eigenvalue weighted by molar-refractivity contribution is 9.10. The molecule has 1 aliphatic heterocycles. The molecule has 1 aromatic carbocycles. The van der Waals surface area contributed by atoms with Gasteiger partial charge in [-0.25, -0.2) is 0 Å². The summed E-state index contributed by atoms with van der Waals surface area (Å²) < 4.78 is 0.978. The van der Waals surface area contributed by atoms with Crippen LogP contribution in [-0.4, -0.2) is 16.5 Å². The largest absolute Gasteiger partial charge is 0.334 e. The second-order valence-corrected chi connectivity index (χ2v) is 6.98. The van der Waals surface area contributed by atoms with Crippen LogP contribution >= 0.6 is 39.3 Å². The molecular weight excluding hydrogens is 320 g/mol. The molecule has 1 aromatic rings. The van der Waals surface area contributed by atoms with E-state index < -0.39 is 0 Å². The summed E-state index contributed by atoms with van der Waals surface area (Å²) in [7, 11) is 0. The molecule has 0 saturated heterocycles. The Hall–Kier alpha value is -0.190. The monoisotopic (exact) mass is 332 g/mol. The summed E-state index contributed by atoms with van der Waals surface area (Å²) in [5.41, 5.74) is 0.925. The molecule has 2 nitrogen and oxygen atoms in total. The minimum absolute atomic E-state index is 0.0232. The number of nitrogens with one attached hydrogen (secondary N) is 1. The summed E-state index contributed by atoms with van der Waals surface area (Å²) in [5, 5.41) is 4.94. The molecule has 0 unspecified atom stereocenters. The molecule has 1 heterocycles.